The zero-order valence-corrected chi connectivity index (χ0v) is 10.9. The minimum Gasteiger partial charge on any atom is -0.478 e. The lowest BCUT2D eigenvalue weighted by Crippen LogP contribution is -2.01. The number of aromatic nitrogens is 2. The third kappa shape index (κ3) is 4.66. The number of nitrogens with zero attached hydrogens (tertiary/aromatic N) is 3. The fourth-order valence-corrected chi connectivity index (χ4v) is 1.64. The first-order valence-electron chi connectivity index (χ1n) is 6.28. The summed E-state index contributed by atoms with van der Waals surface area (Å²) in [6, 6.07) is 7.51. The average Bonchev–Trinajstić information content (AvgIpc) is 2.52. The molecule has 2 heterocycles. The van der Waals surface area contributed by atoms with Crippen LogP contribution in [0.4, 0.5) is 5.69 Å². The number of hydrogen-bond donors (Lipinski definition) is 2. The highest BCUT2D eigenvalue weighted by molar-refractivity contribution is 5.59. The molecule has 0 aromatic carbocycles. The van der Waals surface area contributed by atoms with Crippen molar-refractivity contribution in [3.8, 4) is 5.88 Å². The van der Waals surface area contributed by atoms with Gasteiger partial charge in [-0.3, -0.25) is 15.7 Å². The lowest BCUT2D eigenvalue weighted by molar-refractivity contribution is 0.240. The third-order valence-electron chi connectivity index (χ3n) is 2.60. The van der Waals surface area contributed by atoms with Crippen molar-refractivity contribution in [1.29, 1.82) is 0 Å². The summed E-state index contributed by atoms with van der Waals surface area (Å²) in [4.78, 5) is 12.0. The number of hydroxylamine groups is 1. The van der Waals surface area contributed by atoms with Gasteiger partial charge >= 0.3 is 0 Å². The molecule has 0 amide bonds. The van der Waals surface area contributed by atoms with E-state index in [1.807, 2.05) is 17.6 Å². The van der Waals surface area contributed by atoms with E-state index in [2.05, 4.69) is 15.0 Å². The molecule has 0 aliphatic carbocycles. The van der Waals surface area contributed by atoms with Crippen LogP contribution in [0.2, 0.25) is 0 Å². The summed E-state index contributed by atoms with van der Waals surface area (Å²) in [6.07, 6.45) is 8.20. The van der Waals surface area contributed by atoms with Crippen LogP contribution in [0.3, 0.4) is 0 Å². The van der Waals surface area contributed by atoms with Crippen LogP contribution in [0.15, 0.2) is 47.8 Å². The van der Waals surface area contributed by atoms with Crippen LogP contribution in [0.25, 0.3) is 0 Å². The Morgan fingerprint density at radius 3 is 2.80 bits per heavy atom. The summed E-state index contributed by atoms with van der Waals surface area (Å²) in [5.41, 5.74) is 3.72. The van der Waals surface area contributed by atoms with Crippen molar-refractivity contribution >= 4 is 12.0 Å². The maximum absolute atomic E-state index is 8.37. The second-order valence-electron chi connectivity index (χ2n) is 4.05. The number of rotatable bonds is 7. The molecule has 0 spiro atoms. The van der Waals surface area contributed by atoms with E-state index in [4.69, 9.17) is 9.94 Å². The third-order valence-corrected chi connectivity index (χ3v) is 2.60. The first kappa shape index (κ1) is 14.0. The fourth-order valence-electron chi connectivity index (χ4n) is 1.64. The van der Waals surface area contributed by atoms with Gasteiger partial charge in [-0.1, -0.05) is 0 Å². The van der Waals surface area contributed by atoms with Crippen LogP contribution in [0.1, 0.15) is 12.0 Å². The van der Waals surface area contributed by atoms with E-state index >= 15 is 0 Å². The molecule has 0 radical (unpaired) electrons. The molecule has 0 saturated carbocycles. The van der Waals surface area contributed by atoms with Crippen LogP contribution >= 0.6 is 0 Å². The Balaban J connectivity index is 1.73. The maximum atomic E-state index is 8.37. The van der Waals surface area contributed by atoms with E-state index in [9.17, 15) is 0 Å². The molecule has 0 bridgehead atoms. The van der Waals surface area contributed by atoms with Crippen molar-refractivity contribution in [2.24, 2.45) is 4.99 Å². The SMILES string of the molecule is ONC=Nc1ccc(OCCCc2ccncc2)nc1. The highest BCUT2D eigenvalue weighted by Crippen LogP contribution is 2.14. The Morgan fingerprint density at radius 2 is 2.10 bits per heavy atom. The summed E-state index contributed by atoms with van der Waals surface area (Å²) < 4.78 is 5.54. The summed E-state index contributed by atoms with van der Waals surface area (Å²) in [5, 5.41) is 8.37. The zero-order chi connectivity index (χ0) is 14.0. The Morgan fingerprint density at radius 1 is 1.25 bits per heavy atom. The molecule has 2 aromatic rings. The quantitative estimate of drug-likeness (QED) is 0.349. The van der Waals surface area contributed by atoms with Gasteiger partial charge in [0, 0.05) is 18.5 Å². The van der Waals surface area contributed by atoms with Crippen LogP contribution in [0, 0.1) is 0 Å². The van der Waals surface area contributed by atoms with Gasteiger partial charge in [-0.05, 0) is 36.6 Å². The Bertz CT molecular complexity index is 529. The van der Waals surface area contributed by atoms with E-state index in [1.165, 1.54) is 11.9 Å². The largest absolute Gasteiger partial charge is 0.478 e. The summed E-state index contributed by atoms with van der Waals surface area (Å²) >= 11 is 0. The number of ether oxygens (including phenoxy) is 1. The monoisotopic (exact) mass is 272 g/mol. The maximum Gasteiger partial charge on any atom is 0.213 e. The molecule has 6 heteroatoms. The van der Waals surface area contributed by atoms with E-state index in [1.54, 1.807) is 30.7 Å². The molecule has 6 nitrogen and oxygen atoms in total. The van der Waals surface area contributed by atoms with Crippen molar-refractivity contribution in [1.82, 2.24) is 15.4 Å². The standard InChI is InChI=1S/C14H16N4O2/c19-18-11-17-13-3-4-14(16-10-13)20-9-1-2-12-5-7-15-8-6-12/h3-8,10-11,19H,1-2,9H2,(H,17,18). The lowest BCUT2D eigenvalue weighted by atomic mass is 10.1. The van der Waals surface area contributed by atoms with Crippen LogP contribution in [0.5, 0.6) is 5.88 Å². The van der Waals surface area contributed by atoms with E-state index < -0.39 is 0 Å². The Labute approximate surface area is 117 Å². The van der Waals surface area contributed by atoms with Crippen LogP contribution in [-0.4, -0.2) is 28.1 Å². The topological polar surface area (TPSA) is 79.6 Å². The van der Waals surface area contributed by atoms with Crippen molar-refractivity contribution in [2.45, 2.75) is 12.8 Å². The van der Waals surface area contributed by atoms with Crippen molar-refractivity contribution in [2.75, 3.05) is 6.61 Å². The molecule has 20 heavy (non-hydrogen) atoms. The number of hydrogen-bond acceptors (Lipinski definition) is 5. The summed E-state index contributed by atoms with van der Waals surface area (Å²) in [6.45, 7) is 0.607. The molecule has 2 rings (SSSR count). The first-order chi connectivity index (χ1) is 9.88. The lowest BCUT2D eigenvalue weighted by Gasteiger charge is -2.05. The normalized spacial score (nSPS) is 10.7. The van der Waals surface area contributed by atoms with Gasteiger partial charge in [-0.2, -0.15) is 0 Å². The summed E-state index contributed by atoms with van der Waals surface area (Å²) in [5.74, 6) is 0.565. The molecule has 0 unspecified atom stereocenters. The van der Waals surface area contributed by atoms with Gasteiger partial charge in [0.25, 0.3) is 0 Å². The second kappa shape index (κ2) is 7.85. The fraction of sp³-hybridized carbons (Fsp3) is 0.214. The highest BCUT2D eigenvalue weighted by atomic mass is 16.5. The molecule has 0 fully saturated rings. The number of aryl methyl sites for hydroxylation is 1. The van der Waals surface area contributed by atoms with Gasteiger partial charge < -0.3 is 4.74 Å². The predicted molar refractivity (Wildman–Crippen MR) is 75.4 cm³/mol. The highest BCUT2D eigenvalue weighted by Gasteiger charge is 1.97. The minimum absolute atomic E-state index is 0.565. The number of aliphatic imine (C=N–C) groups is 1. The smallest absolute Gasteiger partial charge is 0.213 e. The van der Waals surface area contributed by atoms with E-state index in [0.717, 1.165) is 12.8 Å². The van der Waals surface area contributed by atoms with Gasteiger partial charge in [0.05, 0.1) is 18.5 Å². The molecule has 0 saturated heterocycles. The zero-order valence-electron chi connectivity index (χ0n) is 10.9. The molecule has 0 aliphatic heterocycles. The van der Waals surface area contributed by atoms with Crippen molar-refractivity contribution in [3.63, 3.8) is 0 Å². The molecule has 2 aromatic heterocycles. The number of nitrogens with one attached hydrogen (secondary N) is 1. The van der Waals surface area contributed by atoms with Gasteiger partial charge in [-0.25, -0.2) is 9.98 Å². The van der Waals surface area contributed by atoms with Crippen LogP contribution < -0.4 is 10.2 Å². The van der Waals surface area contributed by atoms with Gasteiger partial charge in [0.15, 0.2) is 0 Å². The summed E-state index contributed by atoms with van der Waals surface area (Å²) in [7, 11) is 0. The van der Waals surface area contributed by atoms with E-state index in [-0.39, 0.29) is 0 Å². The number of pyridine rings is 2. The molecular formula is C14H16N4O2. The molecule has 2 N–H and O–H groups in total. The second-order valence-corrected chi connectivity index (χ2v) is 4.05. The van der Waals surface area contributed by atoms with Gasteiger partial charge in [0.2, 0.25) is 5.88 Å². The Hall–Kier alpha value is -2.47. The average molecular weight is 272 g/mol. The molecule has 0 atom stereocenters. The van der Waals surface area contributed by atoms with E-state index in [0.29, 0.717) is 18.2 Å². The predicted octanol–water partition coefficient (Wildman–Crippen LogP) is 2.13. The molecular weight excluding hydrogens is 256 g/mol. The minimum atomic E-state index is 0.565. The molecule has 104 valence electrons. The van der Waals surface area contributed by atoms with Crippen LogP contribution in [-0.2, 0) is 6.42 Å². The van der Waals surface area contributed by atoms with Crippen molar-refractivity contribution in [3.05, 3.63) is 48.4 Å². The van der Waals surface area contributed by atoms with Gasteiger partial charge in [-0.15, -0.1) is 0 Å². The Kier molecular flexibility index (Phi) is 5.48. The van der Waals surface area contributed by atoms with Gasteiger partial charge in [0.1, 0.15) is 6.34 Å². The van der Waals surface area contributed by atoms with Crippen molar-refractivity contribution < 1.29 is 9.94 Å². The molecule has 0 aliphatic rings. The first-order valence-corrected chi connectivity index (χ1v) is 6.28.